The lowest BCUT2D eigenvalue weighted by Crippen LogP contribution is -2.16. The van der Waals surface area contributed by atoms with Crippen LogP contribution in [0.3, 0.4) is 0 Å². The summed E-state index contributed by atoms with van der Waals surface area (Å²) in [6.45, 7) is 0.950. The topological polar surface area (TPSA) is 61.6 Å². The highest BCUT2D eigenvalue weighted by Crippen LogP contribution is 2.28. The Labute approximate surface area is 89.4 Å². The first-order valence-corrected chi connectivity index (χ1v) is 5.34. The third-order valence-corrected chi connectivity index (χ3v) is 2.85. The second kappa shape index (κ2) is 4.74. The molecule has 0 saturated heterocycles. The van der Waals surface area contributed by atoms with Gasteiger partial charge in [0.25, 0.3) is 0 Å². The molecule has 0 spiro atoms. The Bertz CT molecular complexity index is 348. The summed E-state index contributed by atoms with van der Waals surface area (Å²) in [6, 6.07) is 1.95. The minimum absolute atomic E-state index is 0.361. The SMILES string of the molecule is N#Cc1cnc(NCCC2CCC2)cn1. The van der Waals surface area contributed by atoms with Gasteiger partial charge < -0.3 is 5.32 Å². The van der Waals surface area contributed by atoms with Crippen LogP contribution < -0.4 is 5.32 Å². The molecule has 1 N–H and O–H groups in total. The number of nitrogens with zero attached hydrogens (tertiary/aromatic N) is 3. The molecule has 1 fully saturated rings. The van der Waals surface area contributed by atoms with Crippen molar-refractivity contribution < 1.29 is 0 Å². The fraction of sp³-hybridized carbons (Fsp3) is 0.545. The molecule has 1 aliphatic carbocycles. The molecule has 4 heteroatoms. The molecule has 0 amide bonds. The Hall–Kier alpha value is -1.63. The van der Waals surface area contributed by atoms with Gasteiger partial charge >= 0.3 is 0 Å². The summed E-state index contributed by atoms with van der Waals surface area (Å²) in [5.41, 5.74) is 0.361. The molecule has 1 aromatic heterocycles. The van der Waals surface area contributed by atoms with E-state index in [0.717, 1.165) is 18.3 Å². The van der Waals surface area contributed by atoms with Gasteiger partial charge in [-0.2, -0.15) is 5.26 Å². The molecule has 0 unspecified atom stereocenters. The van der Waals surface area contributed by atoms with Crippen LogP contribution in [0.4, 0.5) is 5.82 Å². The van der Waals surface area contributed by atoms with Crippen LogP contribution in [0.5, 0.6) is 0 Å². The van der Waals surface area contributed by atoms with Crippen molar-refractivity contribution in [2.24, 2.45) is 5.92 Å². The molecule has 0 aromatic carbocycles. The van der Waals surface area contributed by atoms with Crippen LogP contribution in [0.25, 0.3) is 0 Å². The van der Waals surface area contributed by atoms with Gasteiger partial charge in [-0.15, -0.1) is 0 Å². The molecule has 78 valence electrons. The van der Waals surface area contributed by atoms with Crippen molar-refractivity contribution in [3.63, 3.8) is 0 Å². The zero-order valence-corrected chi connectivity index (χ0v) is 8.61. The Balaban J connectivity index is 1.75. The molecule has 1 heterocycles. The molecule has 4 nitrogen and oxygen atoms in total. The molecule has 1 saturated carbocycles. The van der Waals surface area contributed by atoms with Crippen molar-refractivity contribution in [2.45, 2.75) is 25.7 Å². The number of nitrogens with one attached hydrogen (secondary N) is 1. The lowest BCUT2D eigenvalue weighted by molar-refractivity contribution is 0.303. The molecule has 2 rings (SSSR count). The second-order valence-corrected chi connectivity index (χ2v) is 3.91. The summed E-state index contributed by atoms with van der Waals surface area (Å²) in [7, 11) is 0. The van der Waals surface area contributed by atoms with Gasteiger partial charge in [-0.1, -0.05) is 19.3 Å². The van der Waals surface area contributed by atoms with Crippen molar-refractivity contribution >= 4 is 5.82 Å². The molecule has 0 atom stereocenters. The fourth-order valence-corrected chi connectivity index (χ4v) is 1.66. The summed E-state index contributed by atoms with van der Waals surface area (Å²) >= 11 is 0. The average Bonchev–Trinajstić information content (AvgIpc) is 2.23. The molecule has 0 bridgehead atoms. The first kappa shape index (κ1) is 9.91. The van der Waals surface area contributed by atoms with Crippen LogP contribution in [0.1, 0.15) is 31.4 Å². The van der Waals surface area contributed by atoms with E-state index in [0.29, 0.717) is 5.69 Å². The number of hydrogen-bond donors (Lipinski definition) is 1. The normalized spacial score (nSPS) is 15.4. The van der Waals surface area contributed by atoms with Gasteiger partial charge in [0.05, 0.1) is 12.4 Å². The van der Waals surface area contributed by atoms with E-state index < -0.39 is 0 Å². The van der Waals surface area contributed by atoms with Crippen molar-refractivity contribution in [2.75, 3.05) is 11.9 Å². The quantitative estimate of drug-likeness (QED) is 0.810. The van der Waals surface area contributed by atoms with E-state index in [1.165, 1.54) is 31.9 Å². The maximum Gasteiger partial charge on any atom is 0.158 e. The molecule has 0 aliphatic heterocycles. The molecule has 1 aliphatic rings. The summed E-state index contributed by atoms with van der Waals surface area (Å²) < 4.78 is 0. The zero-order valence-electron chi connectivity index (χ0n) is 8.61. The zero-order chi connectivity index (χ0) is 10.5. The lowest BCUT2D eigenvalue weighted by Gasteiger charge is -2.25. The van der Waals surface area contributed by atoms with Gasteiger partial charge in [-0.3, -0.25) is 0 Å². The second-order valence-electron chi connectivity index (χ2n) is 3.91. The highest BCUT2D eigenvalue weighted by molar-refractivity contribution is 5.32. The first-order valence-electron chi connectivity index (χ1n) is 5.34. The van der Waals surface area contributed by atoms with Crippen LogP contribution in [-0.4, -0.2) is 16.5 Å². The minimum Gasteiger partial charge on any atom is -0.369 e. The molecule has 0 radical (unpaired) electrons. The van der Waals surface area contributed by atoms with Gasteiger partial charge in [0.15, 0.2) is 5.69 Å². The van der Waals surface area contributed by atoms with Gasteiger partial charge in [0.1, 0.15) is 11.9 Å². The summed E-state index contributed by atoms with van der Waals surface area (Å²) in [4.78, 5) is 8.04. The third-order valence-electron chi connectivity index (χ3n) is 2.85. The molecular formula is C11H14N4. The largest absolute Gasteiger partial charge is 0.369 e. The lowest BCUT2D eigenvalue weighted by atomic mass is 9.83. The maximum atomic E-state index is 8.54. The van der Waals surface area contributed by atoms with Crippen LogP contribution >= 0.6 is 0 Å². The van der Waals surface area contributed by atoms with E-state index in [1.54, 1.807) is 6.20 Å². The third kappa shape index (κ3) is 2.66. The molecular weight excluding hydrogens is 188 g/mol. The van der Waals surface area contributed by atoms with E-state index in [4.69, 9.17) is 5.26 Å². The van der Waals surface area contributed by atoms with E-state index >= 15 is 0 Å². The molecule has 1 aromatic rings. The number of hydrogen-bond acceptors (Lipinski definition) is 4. The number of anilines is 1. The van der Waals surface area contributed by atoms with Gasteiger partial charge in [-0.25, -0.2) is 9.97 Å². The van der Waals surface area contributed by atoms with Crippen LogP contribution in [-0.2, 0) is 0 Å². The molecule has 15 heavy (non-hydrogen) atoms. The Morgan fingerprint density at radius 2 is 2.27 bits per heavy atom. The summed E-state index contributed by atoms with van der Waals surface area (Å²) in [5.74, 6) is 1.66. The summed E-state index contributed by atoms with van der Waals surface area (Å²) in [5, 5.41) is 11.8. The van der Waals surface area contributed by atoms with Crippen LogP contribution in [0.2, 0.25) is 0 Å². The predicted octanol–water partition coefficient (Wildman–Crippen LogP) is 1.95. The van der Waals surface area contributed by atoms with Gasteiger partial charge in [0, 0.05) is 6.54 Å². The number of rotatable bonds is 4. The van der Waals surface area contributed by atoms with E-state index in [-0.39, 0.29) is 0 Å². The Morgan fingerprint density at radius 1 is 1.40 bits per heavy atom. The van der Waals surface area contributed by atoms with Crippen molar-refractivity contribution in [1.82, 2.24) is 9.97 Å². The Morgan fingerprint density at radius 3 is 2.80 bits per heavy atom. The van der Waals surface area contributed by atoms with E-state index in [9.17, 15) is 0 Å². The fourth-order valence-electron chi connectivity index (χ4n) is 1.66. The predicted molar refractivity (Wildman–Crippen MR) is 57.2 cm³/mol. The van der Waals surface area contributed by atoms with Crippen molar-refractivity contribution in [3.05, 3.63) is 18.1 Å². The van der Waals surface area contributed by atoms with Gasteiger partial charge in [-0.05, 0) is 12.3 Å². The van der Waals surface area contributed by atoms with E-state index in [1.807, 2.05) is 6.07 Å². The number of nitriles is 1. The Kier molecular flexibility index (Phi) is 3.13. The van der Waals surface area contributed by atoms with Gasteiger partial charge in [0.2, 0.25) is 0 Å². The maximum absolute atomic E-state index is 8.54. The number of aromatic nitrogens is 2. The minimum atomic E-state index is 0.361. The standard InChI is InChI=1S/C11H14N4/c12-6-10-7-15-11(8-14-10)13-5-4-9-2-1-3-9/h7-9H,1-5H2,(H,13,15). The van der Waals surface area contributed by atoms with Crippen LogP contribution in [0.15, 0.2) is 12.4 Å². The monoisotopic (exact) mass is 202 g/mol. The van der Waals surface area contributed by atoms with Crippen molar-refractivity contribution in [3.8, 4) is 6.07 Å². The highest BCUT2D eigenvalue weighted by atomic mass is 15.0. The summed E-state index contributed by atoms with van der Waals surface area (Å²) in [6.07, 6.45) is 8.45. The van der Waals surface area contributed by atoms with E-state index in [2.05, 4.69) is 15.3 Å². The van der Waals surface area contributed by atoms with Crippen molar-refractivity contribution in [1.29, 1.82) is 5.26 Å². The smallest absolute Gasteiger partial charge is 0.158 e. The highest BCUT2D eigenvalue weighted by Gasteiger charge is 2.16. The van der Waals surface area contributed by atoms with Crippen LogP contribution in [0, 0.1) is 17.2 Å². The average molecular weight is 202 g/mol. The first-order chi connectivity index (χ1) is 7.38.